The van der Waals surface area contributed by atoms with Gasteiger partial charge in [-0.15, -0.1) is 10.2 Å². The third-order valence-corrected chi connectivity index (χ3v) is 7.81. The molecule has 0 radical (unpaired) electrons. The highest BCUT2D eigenvalue weighted by molar-refractivity contribution is 8.00. The van der Waals surface area contributed by atoms with Crippen molar-refractivity contribution in [3.63, 3.8) is 0 Å². The minimum atomic E-state index is -0.904. The molecule has 0 saturated heterocycles. The molecule has 0 aliphatic carbocycles. The molecule has 0 spiro atoms. The quantitative estimate of drug-likeness (QED) is 0.182. The van der Waals surface area contributed by atoms with Crippen molar-refractivity contribution in [2.24, 2.45) is 0 Å². The molecule has 1 atom stereocenters. The second-order valence-corrected chi connectivity index (χ2v) is 10.4. The Morgan fingerprint density at radius 1 is 1.08 bits per heavy atom. The Labute approximate surface area is 214 Å². The van der Waals surface area contributed by atoms with E-state index in [2.05, 4.69) is 10.2 Å². The van der Waals surface area contributed by atoms with E-state index in [1.54, 1.807) is 25.1 Å². The summed E-state index contributed by atoms with van der Waals surface area (Å²) in [6.07, 6.45) is 0. The number of Topliss-reactive ketones (excluding diaryl/α,β-unsaturated/α-hetero) is 1. The maximum Gasteiger partial charge on any atom is 0.296 e. The van der Waals surface area contributed by atoms with Crippen LogP contribution in [0.3, 0.4) is 0 Å². The first-order valence-electron chi connectivity index (χ1n) is 11.0. The molecule has 5 rings (SSSR count). The Hall–Kier alpha value is -3.76. The number of amides is 1. The number of anilines is 1. The molecule has 2 aromatic carbocycles. The van der Waals surface area contributed by atoms with Crippen molar-refractivity contribution in [2.75, 3.05) is 4.90 Å². The van der Waals surface area contributed by atoms with Crippen LogP contribution in [0, 0.1) is 19.7 Å². The third kappa shape index (κ3) is 4.57. The fourth-order valence-electron chi connectivity index (χ4n) is 3.87. The van der Waals surface area contributed by atoms with E-state index in [1.807, 2.05) is 31.2 Å². The molecule has 36 heavy (non-hydrogen) atoms. The number of nitrogens with zero attached hydrogens (tertiary/aromatic N) is 3. The first-order chi connectivity index (χ1) is 17.3. The van der Waals surface area contributed by atoms with E-state index >= 15 is 0 Å². The van der Waals surface area contributed by atoms with E-state index in [1.165, 1.54) is 46.2 Å². The van der Waals surface area contributed by atoms with Crippen molar-refractivity contribution < 1.29 is 23.5 Å². The number of ketones is 1. The van der Waals surface area contributed by atoms with Gasteiger partial charge >= 0.3 is 0 Å². The van der Waals surface area contributed by atoms with Crippen LogP contribution in [-0.4, -0.2) is 27.0 Å². The Kier molecular flexibility index (Phi) is 6.46. The van der Waals surface area contributed by atoms with Gasteiger partial charge in [0.05, 0.1) is 11.6 Å². The maximum absolute atomic E-state index is 13.4. The summed E-state index contributed by atoms with van der Waals surface area (Å²) in [6, 6.07) is 15.8. The highest BCUT2D eigenvalue weighted by Crippen LogP contribution is 2.44. The van der Waals surface area contributed by atoms with E-state index < -0.39 is 23.5 Å². The van der Waals surface area contributed by atoms with Gasteiger partial charge < -0.3 is 9.52 Å². The number of halogens is 1. The molecule has 182 valence electrons. The van der Waals surface area contributed by atoms with Gasteiger partial charge in [0, 0.05) is 5.75 Å². The first kappa shape index (κ1) is 24.0. The number of benzene rings is 2. The average molecular weight is 522 g/mol. The molecule has 1 N–H and O–H groups in total. The smallest absolute Gasteiger partial charge is 0.296 e. The largest absolute Gasteiger partial charge is 0.503 e. The molecule has 10 heteroatoms. The van der Waals surface area contributed by atoms with Crippen LogP contribution in [0.4, 0.5) is 9.52 Å². The average Bonchev–Trinajstić information content (AvgIpc) is 3.58. The van der Waals surface area contributed by atoms with Gasteiger partial charge in [-0.05, 0) is 49.2 Å². The van der Waals surface area contributed by atoms with Gasteiger partial charge in [0.1, 0.15) is 11.6 Å². The molecular formula is C26H20FN3O4S2. The molecule has 1 unspecified atom stereocenters. The van der Waals surface area contributed by atoms with E-state index in [9.17, 15) is 19.1 Å². The van der Waals surface area contributed by atoms with Crippen molar-refractivity contribution in [2.45, 2.75) is 30.0 Å². The predicted octanol–water partition coefficient (Wildman–Crippen LogP) is 5.96. The van der Waals surface area contributed by atoms with Gasteiger partial charge in [-0.2, -0.15) is 0 Å². The zero-order valence-electron chi connectivity index (χ0n) is 19.3. The van der Waals surface area contributed by atoms with Crippen molar-refractivity contribution >= 4 is 39.9 Å². The number of aromatic nitrogens is 2. The van der Waals surface area contributed by atoms with Crippen LogP contribution in [0.5, 0.6) is 0 Å². The molecule has 1 amide bonds. The minimum absolute atomic E-state index is 0.0358. The molecule has 4 aromatic rings. The summed E-state index contributed by atoms with van der Waals surface area (Å²) in [5.74, 6) is -1.15. The Morgan fingerprint density at radius 3 is 2.47 bits per heavy atom. The molecule has 0 fully saturated rings. The molecular weight excluding hydrogens is 501 g/mol. The minimum Gasteiger partial charge on any atom is -0.503 e. The summed E-state index contributed by atoms with van der Waals surface area (Å²) in [5.41, 5.74) is 2.48. The SMILES string of the molecule is Cc1ccc(C2C(C(=O)c3ccc(C)o3)=C(O)C(=O)N2c2nnc(SCc3ccc(F)cc3)s2)cc1. The lowest BCUT2D eigenvalue weighted by Gasteiger charge is -2.23. The summed E-state index contributed by atoms with van der Waals surface area (Å²) in [4.78, 5) is 27.9. The van der Waals surface area contributed by atoms with Gasteiger partial charge in [-0.25, -0.2) is 4.39 Å². The lowest BCUT2D eigenvalue weighted by Crippen LogP contribution is -2.31. The van der Waals surface area contributed by atoms with E-state index in [0.29, 0.717) is 21.4 Å². The molecule has 0 saturated carbocycles. The summed E-state index contributed by atoms with van der Waals surface area (Å²) in [5, 5.41) is 19.5. The number of aliphatic hydroxyl groups is 1. The summed E-state index contributed by atoms with van der Waals surface area (Å²) in [6.45, 7) is 3.64. The molecule has 7 nitrogen and oxygen atoms in total. The zero-order chi connectivity index (χ0) is 25.4. The molecule has 3 heterocycles. The number of rotatable bonds is 7. The van der Waals surface area contributed by atoms with Crippen LogP contribution in [0.1, 0.15) is 39.0 Å². The van der Waals surface area contributed by atoms with Crippen molar-refractivity contribution in [1.29, 1.82) is 0 Å². The molecule has 0 bridgehead atoms. The molecule has 1 aliphatic rings. The van der Waals surface area contributed by atoms with Crippen molar-refractivity contribution in [3.05, 3.63) is 106 Å². The van der Waals surface area contributed by atoms with Gasteiger partial charge in [-0.1, -0.05) is 65.1 Å². The summed E-state index contributed by atoms with van der Waals surface area (Å²) >= 11 is 2.57. The van der Waals surface area contributed by atoms with Crippen LogP contribution < -0.4 is 4.90 Å². The topological polar surface area (TPSA) is 96.5 Å². The first-order valence-corrected chi connectivity index (χ1v) is 12.8. The Balaban J connectivity index is 1.48. The number of carbonyl (C=O) groups is 2. The zero-order valence-corrected chi connectivity index (χ0v) is 20.9. The van der Waals surface area contributed by atoms with Crippen LogP contribution in [0.2, 0.25) is 0 Å². The fourth-order valence-corrected chi connectivity index (χ4v) is 5.70. The summed E-state index contributed by atoms with van der Waals surface area (Å²) < 4.78 is 19.3. The monoisotopic (exact) mass is 521 g/mol. The number of hydrogen-bond donors (Lipinski definition) is 1. The van der Waals surface area contributed by atoms with Crippen LogP contribution in [0.15, 0.2) is 80.8 Å². The number of carbonyl (C=O) groups excluding carboxylic acids is 2. The predicted molar refractivity (Wildman–Crippen MR) is 135 cm³/mol. The number of thioether (sulfide) groups is 1. The Morgan fingerprint density at radius 2 is 1.81 bits per heavy atom. The lowest BCUT2D eigenvalue weighted by molar-refractivity contribution is -0.117. The van der Waals surface area contributed by atoms with E-state index in [0.717, 1.165) is 11.1 Å². The number of furan rings is 1. The molecule has 2 aromatic heterocycles. The lowest BCUT2D eigenvalue weighted by atomic mass is 9.95. The fraction of sp³-hybridized carbons (Fsp3) is 0.154. The number of hydrogen-bond acceptors (Lipinski definition) is 8. The van der Waals surface area contributed by atoms with Gasteiger partial charge in [0.2, 0.25) is 10.9 Å². The van der Waals surface area contributed by atoms with Crippen LogP contribution in [-0.2, 0) is 10.5 Å². The second-order valence-electron chi connectivity index (χ2n) is 8.26. The molecule has 1 aliphatic heterocycles. The normalized spacial score (nSPS) is 15.7. The van der Waals surface area contributed by atoms with Gasteiger partial charge in [0.25, 0.3) is 5.91 Å². The third-order valence-electron chi connectivity index (χ3n) is 5.69. The van der Waals surface area contributed by atoms with E-state index in [4.69, 9.17) is 4.42 Å². The van der Waals surface area contributed by atoms with Crippen LogP contribution in [0.25, 0.3) is 0 Å². The van der Waals surface area contributed by atoms with Crippen molar-refractivity contribution in [1.82, 2.24) is 10.2 Å². The number of aryl methyl sites for hydroxylation is 2. The number of aliphatic hydroxyl groups excluding tert-OH is 1. The maximum atomic E-state index is 13.4. The van der Waals surface area contributed by atoms with Gasteiger partial charge in [0.15, 0.2) is 15.9 Å². The van der Waals surface area contributed by atoms with Gasteiger partial charge in [-0.3, -0.25) is 14.5 Å². The van der Waals surface area contributed by atoms with E-state index in [-0.39, 0.29) is 22.3 Å². The highest BCUT2D eigenvalue weighted by Gasteiger charge is 2.46. The van der Waals surface area contributed by atoms with Crippen LogP contribution >= 0.6 is 23.1 Å². The summed E-state index contributed by atoms with van der Waals surface area (Å²) in [7, 11) is 0. The Bertz CT molecular complexity index is 1480. The van der Waals surface area contributed by atoms with Crippen molar-refractivity contribution in [3.8, 4) is 0 Å². The standard InChI is InChI=1S/C26H20FN3O4S2/c1-14-3-8-17(9-4-14)21-20(22(31)19-12-5-15(2)34-19)23(32)24(33)30(21)25-28-29-26(36-25)35-13-16-6-10-18(27)11-7-16/h3-12,21,32H,13H2,1-2H3. The highest BCUT2D eigenvalue weighted by atomic mass is 32.2. The second kappa shape index (κ2) is 9.71.